The molecule has 1 amide bonds. The van der Waals surface area contributed by atoms with Gasteiger partial charge in [-0.1, -0.05) is 23.2 Å². The molecule has 122 valence electrons. The van der Waals surface area contributed by atoms with Gasteiger partial charge in [-0.25, -0.2) is 13.2 Å². The van der Waals surface area contributed by atoms with Crippen molar-refractivity contribution in [2.24, 2.45) is 0 Å². The summed E-state index contributed by atoms with van der Waals surface area (Å²) in [6.45, 7) is 1.20. The maximum Gasteiger partial charge on any atom is 0.255 e. The molecule has 0 aromatic heterocycles. The van der Waals surface area contributed by atoms with Gasteiger partial charge in [-0.2, -0.15) is 0 Å². The van der Waals surface area contributed by atoms with E-state index in [4.69, 9.17) is 23.2 Å². The van der Waals surface area contributed by atoms with E-state index < -0.39 is 17.6 Å². The van der Waals surface area contributed by atoms with Gasteiger partial charge in [0.2, 0.25) is 0 Å². The highest BCUT2D eigenvalue weighted by atomic mass is 35.5. The SMILES string of the molecule is O=C(NCCN1CCC(F)(F)CC1)c1c(F)cc(Cl)cc1Cl. The molecule has 1 fully saturated rings. The van der Waals surface area contributed by atoms with Gasteiger partial charge in [0.25, 0.3) is 11.8 Å². The first-order valence-electron chi connectivity index (χ1n) is 6.81. The number of carbonyl (C=O) groups excluding carboxylic acids is 1. The van der Waals surface area contributed by atoms with Gasteiger partial charge in [-0.15, -0.1) is 0 Å². The summed E-state index contributed by atoms with van der Waals surface area (Å²) in [4.78, 5) is 13.8. The van der Waals surface area contributed by atoms with Crippen molar-refractivity contribution in [1.29, 1.82) is 0 Å². The average Bonchev–Trinajstić information content (AvgIpc) is 2.39. The fraction of sp³-hybridized carbons (Fsp3) is 0.500. The molecular formula is C14H15Cl2F3N2O. The van der Waals surface area contributed by atoms with Gasteiger partial charge >= 0.3 is 0 Å². The lowest BCUT2D eigenvalue weighted by Gasteiger charge is -2.31. The first-order valence-corrected chi connectivity index (χ1v) is 7.57. The Labute approximate surface area is 136 Å². The van der Waals surface area contributed by atoms with E-state index in [1.54, 1.807) is 0 Å². The van der Waals surface area contributed by atoms with Crippen LogP contribution in [-0.2, 0) is 0 Å². The van der Waals surface area contributed by atoms with Crippen LogP contribution in [0.5, 0.6) is 0 Å². The molecule has 1 aromatic carbocycles. The molecule has 0 saturated carbocycles. The molecule has 0 aliphatic carbocycles. The number of alkyl halides is 2. The molecule has 8 heteroatoms. The number of hydrogen-bond donors (Lipinski definition) is 1. The van der Waals surface area contributed by atoms with Crippen molar-refractivity contribution in [2.45, 2.75) is 18.8 Å². The van der Waals surface area contributed by atoms with Crippen molar-refractivity contribution >= 4 is 29.1 Å². The predicted molar refractivity (Wildman–Crippen MR) is 79.4 cm³/mol. The van der Waals surface area contributed by atoms with Crippen LogP contribution in [0.15, 0.2) is 12.1 Å². The second-order valence-electron chi connectivity index (χ2n) is 5.20. The van der Waals surface area contributed by atoms with E-state index in [0.29, 0.717) is 6.54 Å². The van der Waals surface area contributed by atoms with Crippen LogP contribution in [0.2, 0.25) is 10.0 Å². The van der Waals surface area contributed by atoms with Gasteiger partial charge in [0.1, 0.15) is 5.82 Å². The number of amides is 1. The first-order chi connectivity index (χ1) is 10.3. The highest BCUT2D eigenvalue weighted by molar-refractivity contribution is 6.36. The molecule has 0 spiro atoms. The summed E-state index contributed by atoms with van der Waals surface area (Å²) in [6.07, 6.45) is -0.364. The largest absolute Gasteiger partial charge is 0.351 e. The Kier molecular flexibility index (Phi) is 5.58. The van der Waals surface area contributed by atoms with Crippen LogP contribution in [0.4, 0.5) is 13.2 Å². The zero-order valence-corrected chi connectivity index (χ0v) is 13.2. The molecule has 0 radical (unpaired) electrons. The van der Waals surface area contributed by atoms with E-state index in [2.05, 4.69) is 5.32 Å². The van der Waals surface area contributed by atoms with E-state index in [9.17, 15) is 18.0 Å². The molecule has 22 heavy (non-hydrogen) atoms. The number of piperidine rings is 1. The summed E-state index contributed by atoms with van der Waals surface area (Å²) in [5.74, 6) is -4.05. The minimum Gasteiger partial charge on any atom is -0.351 e. The van der Waals surface area contributed by atoms with Crippen molar-refractivity contribution in [1.82, 2.24) is 10.2 Å². The smallest absolute Gasteiger partial charge is 0.255 e. The molecule has 1 saturated heterocycles. The normalized spacial score (nSPS) is 18.2. The van der Waals surface area contributed by atoms with Crippen LogP contribution < -0.4 is 5.32 Å². The molecule has 1 aliphatic heterocycles. The number of nitrogens with one attached hydrogen (secondary N) is 1. The Bertz CT molecular complexity index is 536. The average molecular weight is 355 g/mol. The van der Waals surface area contributed by atoms with Crippen molar-refractivity contribution < 1.29 is 18.0 Å². The predicted octanol–water partition coefficient (Wildman–Crippen LogP) is 3.59. The Hall–Kier alpha value is -0.980. The lowest BCUT2D eigenvalue weighted by molar-refractivity contribution is -0.0547. The summed E-state index contributed by atoms with van der Waals surface area (Å²) >= 11 is 11.4. The number of carbonyl (C=O) groups is 1. The van der Waals surface area contributed by atoms with Crippen molar-refractivity contribution in [3.63, 3.8) is 0 Å². The maximum atomic E-state index is 13.7. The molecule has 1 N–H and O–H groups in total. The summed E-state index contributed by atoms with van der Waals surface area (Å²) in [5, 5.41) is 2.57. The zero-order chi connectivity index (χ0) is 16.3. The third-order valence-corrected chi connectivity index (χ3v) is 4.05. The van der Waals surface area contributed by atoms with Gasteiger partial charge in [0.15, 0.2) is 0 Å². The number of halogens is 5. The van der Waals surface area contributed by atoms with E-state index in [0.717, 1.165) is 6.07 Å². The Balaban J connectivity index is 1.84. The molecular weight excluding hydrogens is 340 g/mol. The first kappa shape index (κ1) is 17.4. The molecule has 2 rings (SSSR count). The number of rotatable bonds is 4. The Morgan fingerprint density at radius 3 is 2.50 bits per heavy atom. The zero-order valence-electron chi connectivity index (χ0n) is 11.6. The highest BCUT2D eigenvalue weighted by Crippen LogP contribution is 2.27. The second-order valence-corrected chi connectivity index (χ2v) is 6.04. The third kappa shape index (κ3) is 4.51. The Morgan fingerprint density at radius 2 is 1.91 bits per heavy atom. The molecule has 0 atom stereocenters. The number of nitrogens with zero attached hydrogens (tertiary/aromatic N) is 1. The molecule has 0 bridgehead atoms. The van der Waals surface area contributed by atoms with E-state index in [-0.39, 0.29) is 48.1 Å². The summed E-state index contributed by atoms with van der Waals surface area (Å²) in [5.41, 5.74) is -0.267. The van der Waals surface area contributed by atoms with Crippen LogP contribution in [-0.4, -0.2) is 42.9 Å². The van der Waals surface area contributed by atoms with Crippen molar-refractivity contribution in [3.05, 3.63) is 33.6 Å². The minimum atomic E-state index is -2.60. The summed E-state index contributed by atoms with van der Waals surface area (Å²) in [6, 6.07) is 2.29. The van der Waals surface area contributed by atoms with Crippen LogP contribution in [0.3, 0.4) is 0 Å². The second kappa shape index (κ2) is 7.06. The van der Waals surface area contributed by atoms with Gasteiger partial charge in [0, 0.05) is 44.0 Å². The number of benzene rings is 1. The van der Waals surface area contributed by atoms with Crippen LogP contribution >= 0.6 is 23.2 Å². The highest BCUT2D eigenvalue weighted by Gasteiger charge is 2.33. The van der Waals surface area contributed by atoms with E-state index in [1.165, 1.54) is 6.07 Å². The van der Waals surface area contributed by atoms with Crippen LogP contribution in [0.25, 0.3) is 0 Å². The van der Waals surface area contributed by atoms with Crippen LogP contribution in [0.1, 0.15) is 23.2 Å². The summed E-state index contributed by atoms with van der Waals surface area (Å²) < 4.78 is 39.7. The fourth-order valence-electron chi connectivity index (χ4n) is 2.28. The number of likely N-dealkylation sites (tertiary alicyclic amines) is 1. The minimum absolute atomic E-state index is 0.0693. The lowest BCUT2D eigenvalue weighted by atomic mass is 10.1. The fourth-order valence-corrected chi connectivity index (χ4v) is 2.83. The lowest BCUT2D eigenvalue weighted by Crippen LogP contribution is -2.43. The molecule has 1 aromatic rings. The van der Waals surface area contributed by atoms with E-state index >= 15 is 0 Å². The molecule has 1 aliphatic rings. The monoisotopic (exact) mass is 354 g/mol. The van der Waals surface area contributed by atoms with Gasteiger partial charge in [-0.3, -0.25) is 4.79 Å². The van der Waals surface area contributed by atoms with Gasteiger partial charge in [0.05, 0.1) is 10.6 Å². The number of hydrogen-bond acceptors (Lipinski definition) is 2. The van der Waals surface area contributed by atoms with Crippen molar-refractivity contribution in [3.8, 4) is 0 Å². The molecule has 3 nitrogen and oxygen atoms in total. The van der Waals surface area contributed by atoms with E-state index in [1.807, 2.05) is 4.90 Å². The van der Waals surface area contributed by atoms with Crippen molar-refractivity contribution in [2.75, 3.05) is 26.2 Å². The van der Waals surface area contributed by atoms with Gasteiger partial charge in [-0.05, 0) is 12.1 Å². The van der Waals surface area contributed by atoms with Gasteiger partial charge < -0.3 is 10.2 Å². The standard InChI is InChI=1S/C14H15Cl2F3N2O/c15-9-7-10(16)12(11(17)8-9)13(22)20-3-6-21-4-1-14(18,19)2-5-21/h7-8H,1-6H2,(H,20,22). The quantitative estimate of drug-likeness (QED) is 0.895. The molecule has 1 heterocycles. The summed E-state index contributed by atoms with van der Waals surface area (Å²) in [7, 11) is 0. The third-order valence-electron chi connectivity index (χ3n) is 3.54. The molecule has 0 unspecified atom stereocenters. The Morgan fingerprint density at radius 1 is 1.27 bits per heavy atom. The maximum absolute atomic E-state index is 13.7. The topological polar surface area (TPSA) is 32.3 Å². The van der Waals surface area contributed by atoms with Crippen LogP contribution in [0, 0.1) is 5.82 Å².